The smallest absolute Gasteiger partial charge is 0.313 e. The summed E-state index contributed by atoms with van der Waals surface area (Å²) in [5, 5.41) is 14.1. The number of aliphatic hydroxyl groups excluding tert-OH is 1. The lowest BCUT2D eigenvalue weighted by molar-refractivity contribution is -0.136. The molecule has 0 spiro atoms. The summed E-state index contributed by atoms with van der Waals surface area (Å²) in [6, 6.07) is 17.1. The van der Waals surface area contributed by atoms with Gasteiger partial charge in [-0.1, -0.05) is 48.5 Å². The molecule has 2 aromatic rings. The quantitative estimate of drug-likeness (QED) is 0.711. The van der Waals surface area contributed by atoms with E-state index in [1.807, 2.05) is 48.5 Å². The molecule has 0 bridgehead atoms. The topological polar surface area (TPSA) is 78.4 Å². The highest BCUT2D eigenvalue weighted by molar-refractivity contribution is 6.39. The average molecular weight is 326 g/mol. The molecule has 0 aliphatic heterocycles. The van der Waals surface area contributed by atoms with Crippen LogP contribution in [0.3, 0.4) is 0 Å². The number of rotatable bonds is 6. The minimum atomic E-state index is -0.708. The van der Waals surface area contributed by atoms with E-state index in [2.05, 4.69) is 10.6 Å². The zero-order chi connectivity index (χ0) is 17.4. The molecule has 0 saturated heterocycles. The fourth-order valence-corrected chi connectivity index (χ4v) is 2.35. The van der Waals surface area contributed by atoms with E-state index in [0.717, 1.165) is 11.1 Å². The first kappa shape index (κ1) is 17.7. The van der Waals surface area contributed by atoms with Crippen LogP contribution < -0.4 is 10.6 Å². The van der Waals surface area contributed by atoms with Crippen LogP contribution in [-0.2, 0) is 16.0 Å². The van der Waals surface area contributed by atoms with Gasteiger partial charge in [-0.3, -0.25) is 9.59 Å². The SMILES string of the molecule is C[C@H](CCO)NC(=O)C(=O)Nc1ccccc1Cc1ccccc1. The lowest BCUT2D eigenvalue weighted by Crippen LogP contribution is -2.41. The van der Waals surface area contributed by atoms with E-state index >= 15 is 0 Å². The standard InChI is InChI=1S/C19H22N2O3/c1-14(11-12-22)20-18(23)19(24)21-17-10-6-5-9-16(17)13-15-7-3-2-4-8-15/h2-10,14,22H,11-13H2,1H3,(H,20,23)(H,21,24)/t14-/m1/s1. The van der Waals surface area contributed by atoms with Gasteiger partial charge in [-0.25, -0.2) is 0 Å². The molecule has 3 N–H and O–H groups in total. The number of carbonyl (C=O) groups excluding carboxylic acids is 2. The van der Waals surface area contributed by atoms with Crippen molar-refractivity contribution in [2.45, 2.75) is 25.8 Å². The number of benzene rings is 2. The molecule has 0 aliphatic carbocycles. The molecular formula is C19H22N2O3. The molecule has 0 aromatic heterocycles. The van der Waals surface area contributed by atoms with Crippen LogP contribution in [0, 0.1) is 0 Å². The maximum atomic E-state index is 12.1. The maximum Gasteiger partial charge on any atom is 0.313 e. The number of nitrogens with one attached hydrogen (secondary N) is 2. The lowest BCUT2D eigenvalue weighted by Gasteiger charge is -2.14. The third-order valence-corrected chi connectivity index (χ3v) is 3.65. The summed E-state index contributed by atoms with van der Waals surface area (Å²) in [5.41, 5.74) is 2.68. The van der Waals surface area contributed by atoms with Gasteiger partial charge in [0.25, 0.3) is 0 Å². The summed E-state index contributed by atoms with van der Waals surface area (Å²) in [7, 11) is 0. The predicted octanol–water partition coefficient (Wildman–Crippen LogP) is 2.10. The first-order chi connectivity index (χ1) is 11.6. The van der Waals surface area contributed by atoms with Crippen molar-refractivity contribution in [3.63, 3.8) is 0 Å². The highest BCUT2D eigenvalue weighted by Gasteiger charge is 2.17. The molecule has 24 heavy (non-hydrogen) atoms. The first-order valence-corrected chi connectivity index (χ1v) is 7.94. The maximum absolute atomic E-state index is 12.1. The van der Waals surface area contributed by atoms with E-state index in [4.69, 9.17) is 5.11 Å². The molecule has 0 aliphatic rings. The number of hydrogen-bond acceptors (Lipinski definition) is 3. The van der Waals surface area contributed by atoms with Crippen LogP contribution in [0.1, 0.15) is 24.5 Å². The van der Waals surface area contributed by atoms with Gasteiger partial charge in [0.1, 0.15) is 0 Å². The van der Waals surface area contributed by atoms with E-state index in [9.17, 15) is 9.59 Å². The molecule has 2 aromatic carbocycles. The second-order valence-electron chi connectivity index (χ2n) is 5.66. The van der Waals surface area contributed by atoms with Gasteiger partial charge in [-0.05, 0) is 37.0 Å². The van der Waals surface area contributed by atoms with Crippen LogP contribution in [0.25, 0.3) is 0 Å². The summed E-state index contributed by atoms with van der Waals surface area (Å²) in [6.07, 6.45) is 1.07. The summed E-state index contributed by atoms with van der Waals surface area (Å²) in [6.45, 7) is 1.70. The fraction of sp³-hybridized carbons (Fsp3) is 0.263. The van der Waals surface area contributed by atoms with Gasteiger partial charge in [-0.2, -0.15) is 0 Å². The molecule has 0 radical (unpaired) electrons. The van der Waals surface area contributed by atoms with E-state index in [1.54, 1.807) is 13.0 Å². The van der Waals surface area contributed by atoms with Crippen molar-refractivity contribution in [3.8, 4) is 0 Å². The van der Waals surface area contributed by atoms with Crippen molar-refractivity contribution in [1.29, 1.82) is 0 Å². The molecule has 5 heteroatoms. The Morgan fingerprint density at radius 2 is 1.67 bits per heavy atom. The second-order valence-corrected chi connectivity index (χ2v) is 5.66. The van der Waals surface area contributed by atoms with Crippen LogP contribution in [0.5, 0.6) is 0 Å². The molecule has 2 amide bonds. The average Bonchev–Trinajstić information content (AvgIpc) is 2.57. The normalized spacial score (nSPS) is 11.6. The molecular weight excluding hydrogens is 304 g/mol. The van der Waals surface area contributed by atoms with Gasteiger partial charge in [0.15, 0.2) is 0 Å². The lowest BCUT2D eigenvalue weighted by atomic mass is 10.0. The Balaban J connectivity index is 2.04. The van der Waals surface area contributed by atoms with Crippen molar-refractivity contribution in [2.75, 3.05) is 11.9 Å². The molecule has 0 unspecified atom stereocenters. The number of para-hydroxylation sites is 1. The highest BCUT2D eigenvalue weighted by Crippen LogP contribution is 2.19. The third kappa shape index (κ3) is 5.21. The number of hydrogen-bond donors (Lipinski definition) is 3. The van der Waals surface area contributed by atoms with E-state index in [1.165, 1.54) is 0 Å². The van der Waals surface area contributed by atoms with Gasteiger partial charge in [0, 0.05) is 18.3 Å². The van der Waals surface area contributed by atoms with Crippen LogP contribution in [0.15, 0.2) is 54.6 Å². The van der Waals surface area contributed by atoms with Gasteiger partial charge >= 0.3 is 11.8 Å². The molecule has 1 atom stereocenters. The monoisotopic (exact) mass is 326 g/mol. The minimum absolute atomic E-state index is 0.0387. The molecule has 0 heterocycles. The van der Waals surface area contributed by atoms with Gasteiger partial charge < -0.3 is 15.7 Å². The summed E-state index contributed by atoms with van der Waals surface area (Å²) in [5.74, 6) is -1.41. The van der Waals surface area contributed by atoms with E-state index in [-0.39, 0.29) is 12.6 Å². The minimum Gasteiger partial charge on any atom is -0.396 e. The summed E-state index contributed by atoms with van der Waals surface area (Å²) in [4.78, 5) is 24.0. The van der Waals surface area contributed by atoms with Crippen LogP contribution >= 0.6 is 0 Å². The van der Waals surface area contributed by atoms with E-state index in [0.29, 0.717) is 18.5 Å². The summed E-state index contributed by atoms with van der Waals surface area (Å²) >= 11 is 0. The van der Waals surface area contributed by atoms with Crippen LogP contribution in [-0.4, -0.2) is 29.6 Å². The molecule has 0 saturated carbocycles. The Morgan fingerprint density at radius 3 is 2.38 bits per heavy atom. The Morgan fingerprint density at radius 1 is 1.00 bits per heavy atom. The second kappa shape index (κ2) is 8.84. The Labute approximate surface area is 141 Å². The molecule has 5 nitrogen and oxygen atoms in total. The van der Waals surface area contributed by atoms with Crippen molar-refractivity contribution < 1.29 is 14.7 Å². The Hall–Kier alpha value is -2.66. The zero-order valence-corrected chi connectivity index (χ0v) is 13.7. The summed E-state index contributed by atoms with van der Waals surface area (Å²) < 4.78 is 0. The number of amides is 2. The zero-order valence-electron chi connectivity index (χ0n) is 13.7. The molecule has 0 fully saturated rings. The number of carbonyl (C=O) groups is 2. The van der Waals surface area contributed by atoms with Crippen LogP contribution in [0.4, 0.5) is 5.69 Å². The molecule has 2 rings (SSSR count). The fourth-order valence-electron chi connectivity index (χ4n) is 2.35. The third-order valence-electron chi connectivity index (χ3n) is 3.65. The van der Waals surface area contributed by atoms with Crippen molar-refractivity contribution in [3.05, 3.63) is 65.7 Å². The van der Waals surface area contributed by atoms with Crippen molar-refractivity contribution in [1.82, 2.24) is 5.32 Å². The number of aliphatic hydroxyl groups is 1. The Kier molecular flexibility index (Phi) is 6.51. The van der Waals surface area contributed by atoms with Crippen LogP contribution in [0.2, 0.25) is 0 Å². The largest absolute Gasteiger partial charge is 0.396 e. The number of anilines is 1. The van der Waals surface area contributed by atoms with E-state index < -0.39 is 11.8 Å². The molecule has 126 valence electrons. The first-order valence-electron chi connectivity index (χ1n) is 7.94. The Bertz CT molecular complexity index is 686. The van der Waals surface area contributed by atoms with Gasteiger partial charge in [-0.15, -0.1) is 0 Å². The predicted molar refractivity (Wildman–Crippen MR) is 93.6 cm³/mol. The van der Waals surface area contributed by atoms with Gasteiger partial charge in [0.05, 0.1) is 0 Å². The highest BCUT2D eigenvalue weighted by atomic mass is 16.3. The van der Waals surface area contributed by atoms with Crippen molar-refractivity contribution >= 4 is 17.5 Å². The van der Waals surface area contributed by atoms with Crippen molar-refractivity contribution in [2.24, 2.45) is 0 Å². The van der Waals surface area contributed by atoms with Gasteiger partial charge in [0.2, 0.25) is 0 Å².